The van der Waals surface area contributed by atoms with Crippen LogP contribution in [-0.4, -0.2) is 96.7 Å². The summed E-state index contributed by atoms with van der Waals surface area (Å²) in [5, 5.41) is 10.6. The van der Waals surface area contributed by atoms with Crippen molar-refractivity contribution in [3.63, 3.8) is 0 Å². The number of hydrogen-bond donors (Lipinski definition) is 3. The van der Waals surface area contributed by atoms with E-state index in [1.807, 2.05) is 0 Å². The summed E-state index contributed by atoms with van der Waals surface area (Å²) in [6.07, 6.45) is 51.6. The first-order chi connectivity index (χ1) is 43.5. The lowest BCUT2D eigenvalue weighted by atomic mass is 10.0. The molecule has 0 fully saturated rings. The lowest BCUT2D eigenvalue weighted by Gasteiger charge is -2.21. The third kappa shape index (κ3) is 64.8. The van der Waals surface area contributed by atoms with Gasteiger partial charge in [-0.15, -0.1) is 0 Å². The third-order valence-electron chi connectivity index (χ3n) is 16.5. The molecule has 0 aromatic heterocycles. The lowest BCUT2D eigenvalue weighted by molar-refractivity contribution is -0.161. The van der Waals surface area contributed by atoms with Gasteiger partial charge in [0.05, 0.1) is 26.4 Å². The summed E-state index contributed by atoms with van der Waals surface area (Å²) in [4.78, 5) is 72.3. The maximum absolute atomic E-state index is 13.0. The quantitative estimate of drug-likeness (QED) is 0.0222. The highest BCUT2D eigenvalue weighted by atomic mass is 31.2. The van der Waals surface area contributed by atoms with Gasteiger partial charge in [-0.2, -0.15) is 0 Å². The highest BCUT2D eigenvalue weighted by molar-refractivity contribution is 7.47. The molecule has 17 nitrogen and oxygen atoms in total. The van der Waals surface area contributed by atoms with Crippen molar-refractivity contribution < 1.29 is 80.2 Å². The molecule has 19 heteroatoms. The molecule has 0 amide bonds. The fourth-order valence-electron chi connectivity index (χ4n) is 10.8. The maximum atomic E-state index is 13.0. The van der Waals surface area contributed by atoms with Gasteiger partial charge in [0.15, 0.2) is 12.2 Å². The molecule has 2 unspecified atom stereocenters. The zero-order chi connectivity index (χ0) is 66.3. The predicted octanol–water partition coefficient (Wildman–Crippen LogP) is 20.5. The summed E-state index contributed by atoms with van der Waals surface area (Å²) >= 11 is 0. The van der Waals surface area contributed by atoms with Gasteiger partial charge in [-0.1, -0.05) is 317 Å². The number of aliphatic hydroxyl groups excluding tert-OH is 1. The monoisotopic (exact) mass is 1320 g/mol. The first kappa shape index (κ1) is 88.1. The Morgan fingerprint density at radius 2 is 0.511 bits per heavy atom. The lowest BCUT2D eigenvalue weighted by Crippen LogP contribution is -2.30. The minimum Gasteiger partial charge on any atom is -0.462 e. The van der Waals surface area contributed by atoms with Crippen molar-refractivity contribution in [2.24, 2.45) is 5.92 Å². The van der Waals surface area contributed by atoms with Crippen LogP contribution in [0.2, 0.25) is 0 Å². The van der Waals surface area contributed by atoms with Crippen molar-refractivity contribution in [1.82, 2.24) is 0 Å². The Labute approximate surface area is 549 Å². The second kappa shape index (κ2) is 64.4. The molecule has 0 heterocycles. The molecule has 0 radical (unpaired) electrons. The van der Waals surface area contributed by atoms with Crippen molar-refractivity contribution in [3.05, 3.63) is 0 Å². The number of hydrogen-bond acceptors (Lipinski definition) is 15. The Balaban J connectivity index is 5.15. The van der Waals surface area contributed by atoms with Crippen LogP contribution in [0.1, 0.15) is 369 Å². The Hall–Kier alpha value is -1.94. The van der Waals surface area contributed by atoms with Gasteiger partial charge in [-0.3, -0.25) is 37.3 Å². The topological polar surface area (TPSA) is 237 Å². The van der Waals surface area contributed by atoms with Crippen LogP contribution in [0.5, 0.6) is 0 Å². The molecule has 90 heavy (non-hydrogen) atoms. The van der Waals surface area contributed by atoms with E-state index in [0.29, 0.717) is 25.7 Å². The van der Waals surface area contributed by atoms with E-state index in [-0.39, 0.29) is 25.7 Å². The smallest absolute Gasteiger partial charge is 0.462 e. The molecule has 0 aliphatic heterocycles. The Morgan fingerprint density at radius 3 is 0.756 bits per heavy atom. The second-order valence-electron chi connectivity index (χ2n) is 26.1. The summed E-state index contributed by atoms with van der Waals surface area (Å²) in [7, 11) is -9.89. The highest BCUT2D eigenvalue weighted by Crippen LogP contribution is 2.45. The third-order valence-corrected chi connectivity index (χ3v) is 18.4. The van der Waals surface area contributed by atoms with Crippen molar-refractivity contribution in [3.8, 4) is 0 Å². The molecule has 0 aromatic carbocycles. The minimum absolute atomic E-state index is 0.107. The zero-order valence-electron chi connectivity index (χ0n) is 58.3. The molecule has 0 bridgehead atoms. The van der Waals surface area contributed by atoms with E-state index in [1.165, 1.54) is 186 Å². The number of carbonyl (C=O) groups is 4. The van der Waals surface area contributed by atoms with Gasteiger partial charge < -0.3 is 33.8 Å². The number of phosphoric ester groups is 2. The van der Waals surface area contributed by atoms with Crippen molar-refractivity contribution in [2.45, 2.75) is 387 Å². The van der Waals surface area contributed by atoms with Crippen LogP contribution in [0.3, 0.4) is 0 Å². The average Bonchev–Trinajstić information content (AvgIpc) is 3.67. The summed E-state index contributed by atoms with van der Waals surface area (Å²) in [6.45, 7) is 7.20. The van der Waals surface area contributed by atoms with Crippen LogP contribution >= 0.6 is 15.6 Å². The van der Waals surface area contributed by atoms with Gasteiger partial charge in [0, 0.05) is 25.7 Å². The van der Waals surface area contributed by atoms with Gasteiger partial charge in [-0.25, -0.2) is 9.13 Å². The van der Waals surface area contributed by atoms with E-state index in [9.17, 15) is 43.2 Å². The molecule has 5 atom stereocenters. The summed E-state index contributed by atoms with van der Waals surface area (Å²) < 4.78 is 68.1. The number of ether oxygens (including phenoxy) is 4. The number of phosphoric acid groups is 2. The molecule has 3 N–H and O–H groups in total. The van der Waals surface area contributed by atoms with Crippen LogP contribution in [0, 0.1) is 5.92 Å². The van der Waals surface area contributed by atoms with Crippen molar-refractivity contribution in [2.75, 3.05) is 39.6 Å². The molecule has 0 saturated heterocycles. The van der Waals surface area contributed by atoms with E-state index in [0.717, 1.165) is 102 Å². The molecule has 0 aliphatic carbocycles. The summed E-state index contributed by atoms with van der Waals surface area (Å²) in [5.74, 6) is -1.33. The Bertz CT molecular complexity index is 1740. The molecule has 534 valence electrons. The second-order valence-corrected chi connectivity index (χ2v) is 29.0. The van der Waals surface area contributed by atoms with Gasteiger partial charge in [0.1, 0.15) is 19.3 Å². The molecule has 0 rings (SSSR count). The Morgan fingerprint density at radius 1 is 0.300 bits per heavy atom. The minimum atomic E-state index is -4.95. The molecule has 0 spiro atoms. The van der Waals surface area contributed by atoms with E-state index in [2.05, 4.69) is 34.6 Å². The molecule has 0 aliphatic rings. The van der Waals surface area contributed by atoms with Gasteiger partial charge in [0.2, 0.25) is 0 Å². The van der Waals surface area contributed by atoms with Crippen molar-refractivity contribution >= 4 is 39.5 Å². The normalized spacial score (nSPS) is 14.1. The predicted molar refractivity (Wildman–Crippen MR) is 363 cm³/mol. The summed E-state index contributed by atoms with van der Waals surface area (Å²) in [5.41, 5.74) is 0. The van der Waals surface area contributed by atoms with E-state index >= 15 is 0 Å². The van der Waals surface area contributed by atoms with Crippen LogP contribution in [-0.2, 0) is 65.4 Å². The SMILES string of the molecule is CCCCCCCCCCCCCCCCC(=O)OC[C@H](COP(=O)(O)OC[C@@H](O)COP(=O)(O)OC[C@@H](COC(=O)CCCCCCC)OC(=O)CCCCCCCCCCCCCCC)OC(=O)CCCCCCCCCCCCCCCCCC(C)C. The molecular formula is C71H138O17P2. The van der Waals surface area contributed by atoms with Crippen molar-refractivity contribution in [1.29, 1.82) is 0 Å². The van der Waals surface area contributed by atoms with Crippen LogP contribution in [0.25, 0.3) is 0 Å². The fraction of sp³-hybridized carbons (Fsp3) is 0.944. The number of rotatable bonds is 71. The highest BCUT2D eigenvalue weighted by Gasteiger charge is 2.30. The van der Waals surface area contributed by atoms with Crippen LogP contribution < -0.4 is 0 Å². The molecule has 0 aromatic rings. The maximum Gasteiger partial charge on any atom is 0.472 e. The number of esters is 4. The fourth-order valence-corrected chi connectivity index (χ4v) is 12.4. The van der Waals surface area contributed by atoms with Gasteiger partial charge >= 0.3 is 39.5 Å². The number of carbonyl (C=O) groups excluding carboxylic acids is 4. The first-order valence-electron chi connectivity index (χ1n) is 37.1. The Kier molecular flexibility index (Phi) is 63.0. The van der Waals surface area contributed by atoms with Crippen LogP contribution in [0.15, 0.2) is 0 Å². The number of aliphatic hydroxyl groups is 1. The standard InChI is InChI=1S/C71H138O17P2/c1-6-9-12-15-17-19-21-23-29-32-36-40-45-50-55-69(74)82-61-67(88-71(76)57-52-47-42-38-34-30-26-24-25-28-31-35-39-44-48-53-64(4)5)63-86-90(79,80)84-59-65(72)58-83-89(77,78)85-62-66(60-81-68(73)54-49-43-14-11-8-3)87-70(75)56-51-46-41-37-33-27-22-20-18-16-13-10-7-2/h64-67,72H,6-63H2,1-5H3,(H,77,78)(H,79,80)/t65-,66+,67+/m0/s1. The summed E-state index contributed by atoms with van der Waals surface area (Å²) in [6, 6.07) is 0. The van der Waals surface area contributed by atoms with E-state index < -0.39 is 97.5 Å². The van der Waals surface area contributed by atoms with E-state index in [1.54, 1.807) is 0 Å². The zero-order valence-corrected chi connectivity index (χ0v) is 60.1. The largest absolute Gasteiger partial charge is 0.472 e. The van der Waals surface area contributed by atoms with Gasteiger partial charge in [-0.05, 0) is 31.6 Å². The number of unbranched alkanes of at least 4 members (excludes halogenated alkanes) is 43. The average molecular weight is 1330 g/mol. The van der Waals surface area contributed by atoms with Gasteiger partial charge in [0.25, 0.3) is 0 Å². The molecule has 0 saturated carbocycles. The molecular weight excluding hydrogens is 1190 g/mol. The first-order valence-corrected chi connectivity index (χ1v) is 40.1. The van der Waals surface area contributed by atoms with Crippen LogP contribution in [0.4, 0.5) is 0 Å². The van der Waals surface area contributed by atoms with E-state index in [4.69, 9.17) is 37.0 Å².